The number of carbonyl (C=O) groups excluding carboxylic acids is 1. The number of benzene rings is 1. The van der Waals surface area contributed by atoms with E-state index in [2.05, 4.69) is 0 Å². The van der Waals surface area contributed by atoms with Crippen LogP contribution in [-0.2, 0) is 9.47 Å². The van der Waals surface area contributed by atoms with Crippen LogP contribution in [0.4, 0.5) is 4.79 Å². The molecule has 0 saturated carbocycles. The summed E-state index contributed by atoms with van der Waals surface area (Å²) in [5, 5.41) is 0.659. The molecule has 0 spiro atoms. The second-order valence-corrected chi connectivity index (χ2v) is 3.60. The lowest BCUT2D eigenvalue weighted by Crippen LogP contribution is -2.09. The molecule has 1 aromatic rings. The Hall–Kier alpha value is -1.22. The lowest BCUT2D eigenvalue weighted by molar-refractivity contribution is 0.117. The van der Waals surface area contributed by atoms with E-state index in [4.69, 9.17) is 21.1 Å². The predicted molar refractivity (Wildman–Crippen MR) is 51.2 cm³/mol. The second-order valence-electron chi connectivity index (χ2n) is 3.16. The molecule has 0 aliphatic carbocycles. The highest BCUT2D eigenvalue weighted by Crippen LogP contribution is 2.30. The summed E-state index contributed by atoms with van der Waals surface area (Å²) in [5.74, 6) is 0. The van der Waals surface area contributed by atoms with Crippen LogP contribution >= 0.6 is 11.6 Å². The van der Waals surface area contributed by atoms with E-state index in [9.17, 15) is 4.79 Å². The van der Waals surface area contributed by atoms with E-state index in [-0.39, 0.29) is 12.2 Å². The summed E-state index contributed by atoms with van der Waals surface area (Å²) in [7, 11) is 0. The standard InChI is InChI=1S/C10H9ClO3/c1-6-9(14-10(12)13-6)7-2-4-8(11)5-3-7/h2-6,9H,1H3. The molecule has 1 aliphatic heterocycles. The van der Waals surface area contributed by atoms with Crippen LogP contribution in [0.1, 0.15) is 18.6 Å². The van der Waals surface area contributed by atoms with Crippen molar-refractivity contribution in [2.75, 3.05) is 0 Å². The molecular weight excluding hydrogens is 204 g/mol. The number of rotatable bonds is 1. The first-order valence-electron chi connectivity index (χ1n) is 4.29. The van der Waals surface area contributed by atoms with Gasteiger partial charge in [-0.25, -0.2) is 4.79 Å². The van der Waals surface area contributed by atoms with Gasteiger partial charge in [-0.2, -0.15) is 0 Å². The van der Waals surface area contributed by atoms with Crippen molar-refractivity contribution in [3.05, 3.63) is 34.9 Å². The molecule has 2 unspecified atom stereocenters. The average Bonchev–Trinajstić information content (AvgIpc) is 2.47. The van der Waals surface area contributed by atoms with Gasteiger partial charge in [0, 0.05) is 5.02 Å². The topological polar surface area (TPSA) is 35.5 Å². The van der Waals surface area contributed by atoms with E-state index >= 15 is 0 Å². The van der Waals surface area contributed by atoms with Gasteiger partial charge in [-0.05, 0) is 24.6 Å². The van der Waals surface area contributed by atoms with Gasteiger partial charge in [0.25, 0.3) is 0 Å². The van der Waals surface area contributed by atoms with Crippen LogP contribution in [0, 0.1) is 0 Å². The summed E-state index contributed by atoms with van der Waals surface area (Å²) in [6.45, 7) is 1.80. The number of cyclic esters (lactones) is 2. The van der Waals surface area contributed by atoms with Crippen molar-refractivity contribution in [2.24, 2.45) is 0 Å². The summed E-state index contributed by atoms with van der Waals surface area (Å²) in [6, 6.07) is 7.17. The maximum Gasteiger partial charge on any atom is 0.509 e. The highest BCUT2D eigenvalue weighted by Gasteiger charge is 2.34. The molecule has 0 N–H and O–H groups in total. The zero-order valence-corrected chi connectivity index (χ0v) is 8.32. The largest absolute Gasteiger partial charge is 0.509 e. The molecule has 14 heavy (non-hydrogen) atoms. The third-order valence-electron chi connectivity index (χ3n) is 2.13. The van der Waals surface area contributed by atoms with Crippen molar-refractivity contribution in [2.45, 2.75) is 19.1 Å². The van der Waals surface area contributed by atoms with Crippen LogP contribution in [0.3, 0.4) is 0 Å². The third-order valence-corrected chi connectivity index (χ3v) is 2.38. The van der Waals surface area contributed by atoms with Crippen LogP contribution in [0.2, 0.25) is 5.02 Å². The SMILES string of the molecule is CC1OC(=O)OC1c1ccc(Cl)cc1. The normalized spacial score (nSPS) is 25.7. The summed E-state index contributed by atoms with van der Waals surface area (Å²) in [5.41, 5.74) is 0.896. The quantitative estimate of drug-likeness (QED) is 0.672. The van der Waals surface area contributed by atoms with Crippen LogP contribution < -0.4 is 0 Å². The van der Waals surface area contributed by atoms with Crippen molar-refractivity contribution in [3.63, 3.8) is 0 Å². The first kappa shape index (κ1) is 9.34. The van der Waals surface area contributed by atoms with Gasteiger partial charge < -0.3 is 9.47 Å². The van der Waals surface area contributed by atoms with Gasteiger partial charge in [0.05, 0.1) is 0 Å². The number of ether oxygens (including phenoxy) is 2. The van der Waals surface area contributed by atoms with E-state index in [1.807, 2.05) is 12.1 Å². The molecule has 1 saturated heterocycles. The van der Waals surface area contributed by atoms with Crippen molar-refractivity contribution in [1.29, 1.82) is 0 Å². The molecular formula is C10H9ClO3. The zero-order chi connectivity index (χ0) is 10.1. The van der Waals surface area contributed by atoms with E-state index in [0.29, 0.717) is 5.02 Å². The lowest BCUT2D eigenvalue weighted by Gasteiger charge is -2.10. The minimum absolute atomic E-state index is 0.247. The lowest BCUT2D eigenvalue weighted by atomic mass is 10.1. The van der Waals surface area contributed by atoms with Crippen molar-refractivity contribution < 1.29 is 14.3 Å². The molecule has 1 fully saturated rings. The van der Waals surface area contributed by atoms with Crippen LogP contribution in [-0.4, -0.2) is 12.3 Å². The molecule has 4 heteroatoms. The summed E-state index contributed by atoms with van der Waals surface area (Å²) in [6.07, 6.45) is -1.18. The van der Waals surface area contributed by atoms with E-state index in [1.54, 1.807) is 19.1 Å². The Bertz CT molecular complexity index is 347. The van der Waals surface area contributed by atoms with Gasteiger partial charge in [-0.3, -0.25) is 0 Å². The Morgan fingerprint density at radius 1 is 1.21 bits per heavy atom. The van der Waals surface area contributed by atoms with Gasteiger partial charge in [0.2, 0.25) is 0 Å². The van der Waals surface area contributed by atoms with E-state index in [0.717, 1.165) is 5.56 Å². The van der Waals surface area contributed by atoms with Gasteiger partial charge in [-0.15, -0.1) is 0 Å². The number of carbonyl (C=O) groups is 1. The summed E-state index contributed by atoms with van der Waals surface area (Å²) in [4.78, 5) is 10.8. The second kappa shape index (κ2) is 3.50. The Labute approximate surface area is 86.6 Å². The van der Waals surface area contributed by atoms with E-state index < -0.39 is 6.16 Å². The molecule has 1 aliphatic rings. The van der Waals surface area contributed by atoms with Crippen LogP contribution in [0.25, 0.3) is 0 Å². The Balaban J connectivity index is 2.23. The maximum absolute atomic E-state index is 10.8. The third kappa shape index (κ3) is 1.68. The molecule has 2 atom stereocenters. The Morgan fingerprint density at radius 2 is 1.86 bits per heavy atom. The first-order valence-corrected chi connectivity index (χ1v) is 4.67. The van der Waals surface area contributed by atoms with Gasteiger partial charge in [-0.1, -0.05) is 23.7 Å². The van der Waals surface area contributed by atoms with Crippen molar-refractivity contribution in [1.82, 2.24) is 0 Å². The van der Waals surface area contributed by atoms with Gasteiger partial charge in [0.1, 0.15) is 6.10 Å². The van der Waals surface area contributed by atoms with Crippen molar-refractivity contribution in [3.8, 4) is 0 Å². The smallest absolute Gasteiger partial charge is 0.427 e. The van der Waals surface area contributed by atoms with Crippen molar-refractivity contribution >= 4 is 17.8 Å². The number of hydrogen-bond acceptors (Lipinski definition) is 3. The first-order chi connectivity index (χ1) is 6.66. The highest BCUT2D eigenvalue weighted by molar-refractivity contribution is 6.30. The molecule has 0 amide bonds. The molecule has 0 radical (unpaired) electrons. The number of halogens is 1. The Morgan fingerprint density at radius 3 is 2.36 bits per heavy atom. The average molecular weight is 213 g/mol. The zero-order valence-electron chi connectivity index (χ0n) is 7.57. The summed E-state index contributed by atoms with van der Waals surface area (Å²) >= 11 is 5.74. The highest BCUT2D eigenvalue weighted by atomic mass is 35.5. The minimum Gasteiger partial charge on any atom is -0.427 e. The van der Waals surface area contributed by atoms with Gasteiger partial charge in [0.15, 0.2) is 6.10 Å². The fraction of sp³-hybridized carbons (Fsp3) is 0.300. The van der Waals surface area contributed by atoms with E-state index in [1.165, 1.54) is 0 Å². The van der Waals surface area contributed by atoms with Crippen LogP contribution in [0.5, 0.6) is 0 Å². The monoisotopic (exact) mass is 212 g/mol. The molecule has 0 aromatic heterocycles. The van der Waals surface area contributed by atoms with Gasteiger partial charge >= 0.3 is 6.16 Å². The molecule has 74 valence electrons. The molecule has 2 rings (SSSR count). The summed E-state index contributed by atoms with van der Waals surface area (Å²) < 4.78 is 9.86. The number of hydrogen-bond donors (Lipinski definition) is 0. The fourth-order valence-corrected chi connectivity index (χ4v) is 1.56. The molecule has 3 nitrogen and oxygen atoms in total. The Kier molecular flexibility index (Phi) is 2.33. The molecule has 0 bridgehead atoms. The fourth-order valence-electron chi connectivity index (χ4n) is 1.43. The van der Waals surface area contributed by atoms with Crippen LogP contribution in [0.15, 0.2) is 24.3 Å². The minimum atomic E-state index is -0.613. The predicted octanol–water partition coefficient (Wildman–Crippen LogP) is 2.94. The molecule has 1 heterocycles. The maximum atomic E-state index is 10.8. The molecule has 1 aromatic carbocycles.